The monoisotopic (exact) mass is 227 g/mol. The van der Waals surface area contributed by atoms with Gasteiger partial charge in [-0.3, -0.25) is 0 Å². The maximum absolute atomic E-state index is 5.20. The average molecular weight is 227 g/mol. The standard InChI is InChI=1S/C11H21N3O2/c1-4-6-12-9(3)7-11-13-10(14-16-11)8-15-5-2/h9,12H,4-8H2,1-3H3. The molecular weight excluding hydrogens is 206 g/mol. The zero-order chi connectivity index (χ0) is 11.8. The minimum Gasteiger partial charge on any atom is -0.374 e. The predicted octanol–water partition coefficient (Wildman–Crippen LogP) is 1.54. The van der Waals surface area contributed by atoms with Gasteiger partial charge in [0.05, 0.1) is 0 Å². The Balaban J connectivity index is 2.33. The average Bonchev–Trinajstić information content (AvgIpc) is 2.71. The second-order valence-electron chi connectivity index (χ2n) is 3.80. The van der Waals surface area contributed by atoms with Crippen LogP contribution in [0.4, 0.5) is 0 Å². The van der Waals surface area contributed by atoms with Crippen molar-refractivity contribution in [1.29, 1.82) is 0 Å². The van der Waals surface area contributed by atoms with Crippen molar-refractivity contribution in [1.82, 2.24) is 15.5 Å². The minimum atomic E-state index is 0.361. The zero-order valence-corrected chi connectivity index (χ0v) is 10.3. The van der Waals surface area contributed by atoms with Crippen LogP contribution < -0.4 is 5.32 Å². The maximum atomic E-state index is 5.20. The third-order valence-corrected chi connectivity index (χ3v) is 2.17. The van der Waals surface area contributed by atoms with Gasteiger partial charge in [-0.25, -0.2) is 0 Å². The molecular formula is C11H21N3O2. The molecule has 0 saturated carbocycles. The molecule has 1 rings (SSSR count). The summed E-state index contributed by atoms with van der Waals surface area (Å²) >= 11 is 0. The van der Waals surface area contributed by atoms with Gasteiger partial charge in [-0.05, 0) is 26.8 Å². The summed E-state index contributed by atoms with van der Waals surface area (Å²) in [4.78, 5) is 4.25. The van der Waals surface area contributed by atoms with E-state index in [1.165, 1.54) is 0 Å². The smallest absolute Gasteiger partial charge is 0.228 e. The van der Waals surface area contributed by atoms with Crippen molar-refractivity contribution in [3.63, 3.8) is 0 Å². The lowest BCUT2D eigenvalue weighted by atomic mass is 10.2. The van der Waals surface area contributed by atoms with Gasteiger partial charge in [-0.2, -0.15) is 4.98 Å². The molecule has 1 N–H and O–H groups in total. The first-order valence-electron chi connectivity index (χ1n) is 5.88. The largest absolute Gasteiger partial charge is 0.374 e. The molecule has 92 valence electrons. The second kappa shape index (κ2) is 7.35. The summed E-state index contributed by atoms with van der Waals surface area (Å²) in [7, 11) is 0. The number of aromatic nitrogens is 2. The van der Waals surface area contributed by atoms with Gasteiger partial charge in [0.1, 0.15) is 6.61 Å². The fourth-order valence-corrected chi connectivity index (χ4v) is 1.35. The highest BCUT2D eigenvalue weighted by Crippen LogP contribution is 2.02. The molecule has 0 amide bonds. The van der Waals surface area contributed by atoms with Crippen LogP contribution in [0.15, 0.2) is 4.52 Å². The highest BCUT2D eigenvalue weighted by Gasteiger charge is 2.09. The molecule has 0 aliphatic rings. The molecule has 5 nitrogen and oxygen atoms in total. The zero-order valence-electron chi connectivity index (χ0n) is 10.3. The molecule has 1 heterocycles. The lowest BCUT2D eigenvalue weighted by Gasteiger charge is -2.09. The van der Waals surface area contributed by atoms with Crippen LogP contribution in [-0.4, -0.2) is 29.3 Å². The van der Waals surface area contributed by atoms with E-state index < -0.39 is 0 Å². The summed E-state index contributed by atoms with van der Waals surface area (Å²) in [6.07, 6.45) is 1.89. The first-order valence-corrected chi connectivity index (χ1v) is 5.88. The van der Waals surface area contributed by atoms with E-state index in [4.69, 9.17) is 9.26 Å². The van der Waals surface area contributed by atoms with E-state index in [2.05, 4.69) is 29.3 Å². The molecule has 0 radical (unpaired) electrons. The predicted molar refractivity (Wildman–Crippen MR) is 61.1 cm³/mol. The molecule has 1 aromatic rings. The maximum Gasteiger partial charge on any atom is 0.228 e. The van der Waals surface area contributed by atoms with E-state index in [1.54, 1.807) is 0 Å². The van der Waals surface area contributed by atoms with Crippen molar-refractivity contribution < 1.29 is 9.26 Å². The molecule has 0 aliphatic carbocycles. The molecule has 0 aliphatic heterocycles. The van der Waals surface area contributed by atoms with E-state index in [0.717, 1.165) is 19.4 Å². The molecule has 1 unspecified atom stereocenters. The second-order valence-corrected chi connectivity index (χ2v) is 3.80. The molecule has 5 heteroatoms. The van der Waals surface area contributed by atoms with Gasteiger partial charge in [-0.1, -0.05) is 12.1 Å². The van der Waals surface area contributed by atoms with Gasteiger partial charge < -0.3 is 14.6 Å². The van der Waals surface area contributed by atoms with E-state index in [0.29, 0.717) is 31.0 Å². The summed E-state index contributed by atoms with van der Waals surface area (Å²) in [5, 5.41) is 7.22. The molecule has 0 bridgehead atoms. The van der Waals surface area contributed by atoms with Crippen LogP contribution >= 0.6 is 0 Å². The minimum absolute atomic E-state index is 0.361. The van der Waals surface area contributed by atoms with Crippen LogP contribution in [0.2, 0.25) is 0 Å². The molecule has 16 heavy (non-hydrogen) atoms. The van der Waals surface area contributed by atoms with Gasteiger partial charge in [0.2, 0.25) is 5.89 Å². The summed E-state index contributed by atoms with van der Waals surface area (Å²) in [5.74, 6) is 1.30. The molecule has 1 atom stereocenters. The van der Waals surface area contributed by atoms with Crippen molar-refractivity contribution in [2.24, 2.45) is 0 Å². The Morgan fingerprint density at radius 3 is 2.94 bits per heavy atom. The Morgan fingerprint density at radius 2 is 2.25 bits per heavy atom. The fraction of sp³-hybridized carbons (Fsp3) is 0.818. The van der Waals surface area contributed by atoms with Crippen LogP contribution in [0.25, 0.3) is 0 Å². The van der Waals surface area contributed by atoms with E-state index in [-0.39, 0.29) is 0 Å². The number of nitrogens with one attached hydrogen (secondary N) is 1. The number of hydrogen-bond acceptors (Lipinski definition) is 5. The summed E-state index contributed by atoms with van der Waals surface area (Å²) in [6, 6.07) is 0.361. The van der Waals surface area contributed by atoms with E-state index in [9.17, 15) is 0 Å². The van der Waals surface area contributed by atoms with Crippen LogP contribution in [0.5, 0.6) is 0 Å². The van der Waals surface area contributed by atoms with Crippen LogP contribution in [-0.2, 0) is 17.8 Å². The van der Waals surface area contributed by atoms with Crippen molar-refractivity contribution in [2.45, 2.75) is 46.3 Å². The Hall–Kier alpha value is -0.940. The Bertz CT molecular complexity index is 289. The number of ether oxygens (including phenoxy) is 1. The molecule has 0 fully saturated rings. The third kappa shape index (κ3) is 4.72. The first-order chi connectivity index (χ1) is 7.76. The van der Waals surface area contributed by atoms with Crippen molar-refractivity contribution in [3.8, 4) is 0 Å². The van der Waals surface area contributed by atoms with Gasteiger partial charge >= 0.3 is 0 Å². The highest BCUT2D eigenvalue weighted by atomic mass is 16.5. The van der Waals surface area contributed by atoms with Crippen molar-refractivity contribution >= 4 is 0 Å². The quantitative estimate of drug-likeness (QED) is 0.730. The van der Waals surface area contributed by atoms with Crippen LogP contribution in [0.1, 0.15) is 38.9 Å². The highest BCUT2D eigenvalue weighted by molar-refractivity contribution is 4.87. The normalized spacial score (nSPS) is 12.9. The van der Waals surface area contributed by atoms with Crippen molar-refractivity contribution in [2.75, 3.05) is 13.2 Å². The van der Waals surface area contributed by atoms with Gasteiger partial charge in [0, 0.05) is 19.1 Å². The lowest BCUT2D eigenvalue weighted by molar-refractivity contribution is 0.126. The van der Waals surface area contributed by atoms with E-state index in [1.807, 2.05) is 6.92 Å². The number of hydrogen-bond donors (Lipinski definition) is 1. The van der Waals surface area contributed by atoms with Gasteiger partial charge in [0.25, 0.3) is 0 Å². The number of rotatable bonds is 8. The Morgan fingerprint density at radius 1 is 1.44 bits per heavy atom. The van der Waals surface area contributed by atoms with Crippen molar-refractivity contribution in [3.05, 3.63) is 11.7 Å². The molecule has 0 aromatic carbocycles. The Labute approximate surface area is 96.6 Å². The third-order valence-electron chi connectivity index (χ3n) is 2.17. The van der Waals surface area contributed by atoms with Gasteiger partial charge in [0.15, 0.2) is 5.82 Å². The topological polar surface area (TPSA) is 60.2 Å². The van der Waals surface area contributed by atoms with Crippen LogP contribution in [0, 0.1) is 0 Å². The molecule has 0 spiro atoms. The molecule has 0 saturated heterocycles. The SMILES string of the molecule is CCCNC(C)Cc1nc(COCC)no1. The number of nitrogens with zero attached hydrogens (tertiary/aromatic N) is 2. The summed E-state index contributed by atoms with van der Waals surface area (Å²) in [5.41, 5.74) is 0. The van der Waals surface area contributed by atoms with E-state index >= 15 is 0 Å². The Kier molecular flexibility index (Phi) is 6.03. The van der Waals surface area contributed by atoms with Crippen LogP contribution in [0.3, 0.4) is 0 Å². The fourth-order valence-electron chi connectivity index (χ4n) is 1.35. The first kappa shape index (κ1) is 13.1. The van der Waals surface area contributed by atoms with Gasteiger partial charge in [-0.15, -0.1) is 0 Å². The molecule has 1 aromatic heterocycles. The summed E-state index contributed by atoms with van der Waals surface area (Å²) in [6.45, 7) is 8.31. The summed E-state index contributed by atoms with van der Waals surface area (Å²) < 4.78 is 10.3. The lowest BCUT2D eigenvalue weighted by Crippen LogP contribution is -2.28.